The molecule has 80 valence electrons. The number of amides is 1. The van der Waals surface area contributed by atoms with Gasteiger partial charge in [0.05, 0.1) is 0 Å². The average molecular weight is 198 g/mol. The number of nitrogens with one attached hydrogen (secondary N) is 1. The van der Waals surface area contributed by atoms with Crippen molar-refractivity contribution in [3.8, 4) is 0 Å². The zero-order chi connectivity index (χ0) is 10.3. The predicted octanol–water partition coefficient (Wildman–Crippen LogP) is 0.968. The highest BCUT2D eigenvalue weighted by molar-refractivity contribution is 5.69. The van der Waals surface area contributed by atoms with E-state index in [1.54, 1.807) is 0 Å². The van der Waals surface area contributed by atoms with Gasteiger partial charge in [0, 0.05) is 25.2 Å². The number of carbonyl (C=O) groups is 1. The van der Waals surface area contributed by atoms with Crippen LogP contribution >= 0.6 is 0 Å². The lowest BCUT2D eigenvalue weighted by molar-refractivity contribution is 0.0204. The van der Waals surface area contributed by atoms with Crippen molar-refractivity contribution in [1.29, 1.82) is 0 Å². The SMILES string of the molecule is CC(C)(C)OC(=O)N1CC2C[C@H]1CN2. The van der Waals surface area contributed by atoms with Crippen molar-refractivity contribution in [2.24, 2.45) is 0 Å². The summed E-state index contributed by atoms with van der Waals surface area (Å²) >= 11 is 0. The Hall–Kier alpha value is -0.770. The van der Waals surface area contributed by atoms with E-state index in [0.29, 0.717) is 12.1 Å². The normalized spacial score (nSPS) is 30.9. The second-order valence-corrected chi connectivity index (χ2v) is 5.13. The zero-order valence-corrected chi connectivity index (χ0v) is 9.04. The van der Waals surface area contributed by atoms with Crippen LogP contribution in [0.4, 0.5) is 4.79 Å². The Balaban J connectivity index is 1.93. The molecule has 2 rings (SSSR count). The summed E-state index contributed by atoms with van der Waals surface area (Å²) in [5, 5.41) is 3.35. The Morgan fingerprint density at radius 2 is 2.21 bits per heavy atom. The van der Waals surface area contributed by atoms with E-state index in [1.165, 1.54) is 0 Å². The number of nitrogens with zero attached hydrogens (tertiary/aromatic N) is 1. The van der Waals surface area contributed by atoms with Crippen molar-refractivity contribution in [2.75, 3.05) is 13.1 Å². The van der Waals surface area contributed by atoms with Gasteiger partial charge >= 0.3 is 6.09 Å². The zero-order valence-electron chi connectivity index (χ0n) is 9.04. The van der Waals surface area contributed by atoms with E-state index in [9.17, 15) is 4.79 Å². The van der Waals surface area contributed by atoms with Gasteiger partial charge < -0.3 is 15.0 Å². The lowest BCUT2D eigenvalue weighted by Gasteiger charge is -2.30. The van der Waals surface area contributed by atoms with Gasteiger partial charge in [-0.15, -0.1) is 0 Å². The van der Waals surface area contributed by atoms with Crippen LogP contribution in [0.1, 0.15) is 27.2 Å². The topological polar surface area (TPSA) is 41.6 Å². The van der Waals surface area contributed by atoms with Crippen LogP contribution in [-0.4, -0.2) is 41.8 Å². The molecule has 1 amide bonds. The number of hydrogen-bond acceptors (Lipinski definition) is 3. The summed E-state index contributed by atoms with van der Waals surface area (Å²) in [7, 11) is 0. The highest BCUT2D eigenvalue weighted by atomic mass is 16.6. The molecule has 2 bridgehead atoms. The van der Waals surface area contributed by atoms with Crippen LogP contribution in [0, 0.1) is 0 Å². The van der Waals surface area contributed by atoms with Crippen LogP contribution in [0.5, 0.6) is 0 Å². The number of hydrogen-bond donors (Lipinski definition) is 1. The van der Waals surface area contributed by atoms with Crippen LogP contribution < -0.4 is 5.32 Å². The van der Waals surface area contributed by atoms with Crippen LogP contribution in [0.2, 0.25) is 0 Å². The first-order valence-corrected chi connectivity index (χ1v) is 5.19. The first-order chi connectivity index (χ1) is 6.46. The fraction of sp³-hybridized carbons (Fsp3) is 0.900. The second-order valence-electron chi connectivity index (χ2n) is 5.13. The number of fused-ring (bicyclic) bond motifs is 2. The quantitative estimate of drug-likeness (QED) is 0.630. The summed E-state index contributed by atoms with van der Waals surface area (Å²) < 4.78 is 5.33. The smallest absolute Gasteiger partial charge is 0.410 e. The minimum Gasteiger partial charge on any atom is -0.444 e. The monoisotopic (exact) mass is 198 g/mol. The van der Waals surface area contributed by atoms with Crippen LogP contribution in [0.25, 0.3) is 0 Å². The van der Waals surface area contributed by atoms with Gasteiger partial charge in [-0.2, -0.15) is 0 Å². The summed E-state index contributed by atoms with van der Waals surface area (Å²) in [6.45, 7) is 7.43. The largest absolute Gasteiger partial charge is 0.444 e. The predicted molar refractivity (Wildman–Crippen MR) is 53.1 cm³/mol. The standard InChI is InChI=1S/C10H18N2O2/c1-10(2,3)14-9(13)12-6-7-4-8(12)5-11-7/h7-8,11H,4-6H2,1-3H3/t7?,8-/m0/s1. The van der Waals surface area contributed by atoms with Crippen LogP contribution in [-0.2, 0) is 4.74 Å². The van der Waals surface area contributed by atoms with E-state index in [-0.39, 0.29) is 11.7 Å². The lowest BCUT2D eigenvalue weighted by atomic mass is 10.2. The highest BCUT2D eigenvalue weighted by Gasteiger charge is 2.41. The van der Waals surface area contributed by atoms with Gasteiger partial charge in [0.25, 0.3) is 0 Å². The summed E-state index contributed by atoms with van der Waals surface area (Å²) in [5.41, 5.74) is -0.383. The molecule has 2 aliphatic heterocycles. The molecule has 0 aromatic rings. The molecule has 0 spiro atoms. The van der Waals surface area contributed by atoms with Gasteiger partial charge in [0.1, 0.15) is 5.60 Å². The fourth-order valence-corrected chi connectivity index (χ4v) is 2.10. The molecule has 2 heterocycles. The van der Waals surface area contributed by atoms with Gasteiger partial charge in [-0.3, -0.25) is 0 Å². The first-order valence-electron chi connectivity index (χ1n) is 5.19. The average Bonchev–Trinajstić information content (AvgIpc) is 2.59. The van der Waals surface area contributed by atoms with E-state index in [1.807, 2.05) is 25.7 Å². The Morgan fingerprint density at radius 3 is 2.64 bits per heavy atom. The third kappa shape index (κ3) is 1.85. The molecule has 0 radical (unpaired) electrons. The van der Waals surface area contributed by atoms with E-state index >= 15 is 0 Å². The van der Waals surface area contributed by atoms with Crippen LogP contribution in [0.15, 0.2) is 0 Å². The third-order valence-electron chi connectivity index (χ3n) is 2.68. The molecule has 14 heavy (non-hydrogen) atoms. The molecule has 0 aliphatic carbocycles. The number of ether oxygens (including phenoxy) is 1. The maximum Gasteiger partial charge on any atom is 0.410 e. The summed E-state index contributed by atoms with van der Waals surface area (Å²) in [6.07, 6.45) is 0.922. The number of piperazine rings is 1. The van der Waals surface area contributed by atoms with Crippen molar-refractivity contribution in [1.82, 2.24) is 10.2 Å². The summed E-state index contributed by atoms with van der Waals surface area (Å²) in [5.74, 6) is 0. The molecule has 2 saturated heterocycles. The molecule has 2 atom stereocenters. The van der Waals surface area contributed by atoms with Crippen molar-refractivity contribution in [2.45, 2.75) is 44.9 Å². The molecular weight excluding hydrogens is 180 g/mol. The maximum atomic E-state index is 11.7. The molecule has 2 aliphatic rings. The molecule has 4 nitrogen and oxygen atoms in total. The molecule has 1 unspecified atom stereocenters. The van der Waals surface area contributed by atoms with E-state index in [0.717, 1.165) is 19.5 Å². The molecular formula is C10H18N2O2. The summed E-state index contributed by atoms with van der Waals surface area (Å²) in [4.78, 5) is 13.6. The van der Waals surface area contributed by atoms with Crippen molar-refractivity contribution in [3.05, 3.63) is 0 Å². The number of carbonyl (C=O) groups excluding carboxylic acids is 1. The minimum absolute atomic E-state index is 0.161. The maximum absolute atomic E-state index is 11.7. The first kappa shape index (κ1) is 9.77. The Labute approximate surface area is 84.6 Å². The van der Waals surface area contributed by atoms with Crippen LogP contribution in [0.3, 0.4) is 0 Å². The van der Waals surface area contributed by atoms with Gasteiger partial charge in [-0.1, -0.05) is 0 Å². The number of likely N-dealkylation sites (tertiary alicyclic amines) is 1. The van der Waals surface area contributed by atoms with E-state index in [2.05, 4.69) is 5.32 Å². The Morgan fingerprint density at radius 1 is 1.50 bits per heavy atom. The number of rotatable bonds is 0. The molecule has 0 aromatic heterocycles. The van der Waals surface area contributed by atoms with Crippen molar-refractivity contribution >= 4 is 6.09 Å². The van der Waals surface area contributed by atoms with E-state index in [4.69, 9.17) is 4.74 Å². The second kappa shape index (κ2) is 3.12. The molecule has 0 aromatic carbocycles. The fourth-order valence-electron chi connectivity index (χ4n) is 2.10. The molecule has 1 N–H and O–H groups in total. The minimum atomic E-state index is -0.383. The van der Waals surface area contributed by atoms with E-state index < -0.39 is 0 Å². The van der Waals surface area contributed by atoms with Gasteiger partial charge in [-0.25, -0.2) is 4.79 Å². The van der Waals surface area contributed by atoms with Crippen molar-refractivity contribution < 1.29 is 9.53 Å². The lowest BCUT2D eigenvalue weighted by Crippen LogP contribution is -2.48. The molecule has 4 heteroatoms. The van der Waals surface area contributed by atoms with Gasteiger partial charge in [0.15, 0.2) is 0 Å². The molecule has 2 fully saturated rings. The highest BCUT2D eigenvalue weighted by Crippen LogP contribution is 2.25. The Kier molecular flexibility index (Phi) is 2.18. The molecule has 0 saturated carbocycles. The van der Waals surface area contributed by atoms with Gasteiger partial charge in [0.2, 0.25) is 0 Å². The van der Waals surface area contributed by atoms with Crippen molar-refractivity contribution in [3.63, 3.8) is 0 Å². The summed E-state index contributed by atoms with van der Waals surface area (Å²) in [6, 6.07) is 0.849. The third-order valence-corrected chi connectivity index (χ3v) is 2.68. The van der Waals surface area contributed by atoms with Gasteiger partial charge in [-0.05, 0) is 27.2 Å². The Bertz CT molecular complexity index is 247.